The number of methoxy groups -OCH3 is 2. The van der Waals surface area contributed by atoms with Gasteiger partial charge < -0.3 is 19.7 Å². The number of phenols is 1. The van der Waals surface area contributed by atoms with Crippen molar-refractivity contribution in [3.63, 3.8) is 0 Å². The lowest BCUT2D eigenvalue weighted by molar-refractivity contribution is -0.113. The maximum Gasteiger partial charge on any atom is 0.339 e. The minimum atomic E-state index is -1.26. The molecule has 144 valence electrons. The molecule has 0 radical (unpaired) electrons. The van der Waals surface area contributed by atoms with Gasteiger partial charge in [0.1, 0.15) is 11.3 Å². The number of thiocarbonyl (C=S) groups is 1. The smallest absolute Gasteiger partial charge is 0.339 e. The summed E-state index contributed by atoms with van der Waals surface area (Å²) in [5, 5.41) is 18.9. The van der Waals surface area contributed by atoms with Crippen LogP contribution in [0.1, 0.15) is 15.9 Å². The monoisotopic (exact) mass is 417 g/mol. The highest BCUT2D eigenvalue weighted by atomic mass is 32.2. The Bertz CT molecular complexity index is 1020. The highest BCUT2D eigenvalue weighted by Gasteiger charge is 2.34. The molecule has 1 aliphatic rings. The molecule has 28 heavy (non-hydrogen) atoms. The van der Waals surface area contributed by atoms with Gasteiger partial charge in [-0.1, -0.05) is 36.1 Å². The number of benzene rings is 2. The summed E-state index contributed by atoms with van der Waals surface area (Å²) in [4.78, 5) is 25.5. The number of anilines is 1. The predicted molar refractivity (Wildman–Crippen MR) is 110 cm³/mol. The predicted octanol–water partition coefficient (Wildman–Crippen LogP) is 3.51. The Hall–Kier alpha value is -3.04. The van der Waals surface area contributed by atoms with Crippen molar-refractivity contribution >= 4 is 51.9 Å². The van der Waals surface area contributed by atoms with Gasteiger partial charge in [-0.15, -0.1) is 0 Å². The summed E-state index contributed by atoms with van der Waals surface area (Å²) >= 11 is 6.40. The molecule has 0 unspecified atom stereocenters. The molecule has 0 saturated carbocycles. The second kappa shape index (κ2) is 7.91. The van der Waals surface area contributed by atoms with Gasteiger partial charge in [-0.2, -0.15) is 0 Å². The lowest BCUT2D eigenvalue weighted by Gasteiger charge is -2.15. The maximum absolute atomic E-state index is 12.9. The average Bonchev–Trinajstić information content (AvgIpc) is 2.94. The van der Waals surface area contributed by atoms with Gasteiger partial charge in [0.25, 0.3) is 5.91 Å². The van der Waals surface area contributed by atoms with E-state index in [-0.39, 0.29) is 21.5 Å². The molecule has 0 aliphatic carbocycles. The molecular formula is C19H15NO6S2. The van der Waals surface area contributed by atoms with Crippen LogP contribution in [0, 0.1) is 0 Å². The first kappa shape index (κ1) is 19.7. The zero-order valence-corrected chi connectivity index (χ0v) is 16.5. The number of aromatic carboxylic acids is 1. The fourth-order valence-corrected chi connectivity index (χ4v) is 3.99. The topological polar surface area (TPSA) is 96.3 Å². The number of amides is 1. The zero-order valence-electron chi connectivity index (χ0n) is 14.8. The van der Waals surface area contributed by atoms with E-state index in [9.17, 15) is 14.7 Å². The molecule has 2 aromatic carbocycles. The molecule has 1 amide bonds. The Kier molecular flexibility index (Phi) is 5.57. The van der Waals surface area contributed by atoms with Crippen LogP contribution in [-0.2, 0) is 4.79 Å². The van der Waals surface area contributed by atoms with E-state index in [1.807, 2.05) is 0 Å². The number of carbonyl (C=O) groups excluding carboxylic acids is 1. The first-order valence-electron chi connectivity index (χ1n) is 7.92. The fourth-order valence-electron chi connectivity index (χ4n) is 2.70. The van der Waals surface area contributed by atoms with Gasteiger partial charge >= 0.3 is 5.97 Å². The standard InChI is InChI=1S/C19H15NO6S2/c1-25-14-5-3-4-10(16(14)26-2)8-15-17(22)20(19(27)28-15)11-6-7-12(18(23)24)13(21)9-11/h3-9,21H,1-2H3,(H,23,24). The van der Waals surface area contributed by atoms with Crippen LogP contribution in [0.4, 0.5) is 5.69 Å². The number of carboxylic acid groups (broad SMARTS) is 1. The number of hydrogen-bond donors (Lipinski definition) is 2. The Balaban J connectivity index is 1.98. The molecule has 2 aromatic rings. The summed E-state index contributed by atoms with van der Waals surface area (Å²) in [5.74, 6) is -1.08. The van der Waals surface area contributed by atoms with Gasteiger partial charge in [0.2, 0.25) is 0 Å². The van der Waals surface area contributed by atoms with E-state index in [0.717, 1.165) is 11.8 Å². The van der Waals surface area contributed by atoms with Gasteiger partial charge in [0.15, 0.2) is 15.8 Å². The van der Waals surface area contributed by atoms with Crippen molar-refractivity contribution in [3.05, 3.63) is 52.4 Å². The van der Waals surface area contributed by atoms with Crippen LogP contribution in [0.25, 0.3) is 6.08 Å². The van der Waals surface area contributed by atoms with Crippen molar-refractivity contribution in [2.75, 3.05) is 19.1 Å². The second-order valence-electron chi connectivity index (χ2n) is 5.61. The molecule has 0 atom stereocenters. The Morgan fingerprint density at radius 3 is 2.57 bits per heavy atom. The molecule has 1 aliphatic heterocycles. The third-order valence-corrected chi connectivity index (χ3v) is 5.29. The number of aromatic hydroxyl groups is 1. The Morgan fingerprint density at radius 1 is 1.21 bits per heavy atom. The third-order valence-electron chi connectivity index (χ3n) is 3.98. The Morgan fingerprint density at radius 2 is 1.96 bits per heavy atom. The zero-order chi connectivity index (χ0) is 20.4. The molecule has 2 N–H and O–H groups in total. The first-order valence-corrected chi connectivity index (χ1v) is 9.15. The van der Waals surface area contributed by atoms with Crippen LogP contribution in [0.15, 0.2) is 41.3 Å². The first-order chi connectivity index (χ1) is 13.4. The van der Waals surface area contributed by atoms with Crippen molar-refractivity contribution in [1.29, 1.82) is 0 Å². The van der Waals surface area contributed by atoms with Crippen LogP contribution in [0.5, 0.6) is 17.2 Å². The summed E-state index contributed by atoms with van der Waals surface area (Å²) in [6, 6.07) is 9.14. The molecule has 3 rings (SSSR count). The van der Waals surface area contributed by atoms with Crippen LogP contribution in [0.2, 0.25) is 0 Å². The summed E-state index contributed by atoms with van der Waals surface area (Å²) in [6.07, 6.45) is 1.64. The van der Waals surface area contributed by atoms with Gasteiger partial charge in [-0.05, 0) is 24.3 Å². The molecule has 0 aromatic heterocycles. The number of carboxylic acids is 1. The minimum absolute atomic E-state index is 0.258. The summed E-state index contributed by atoms with van der Waals surface area (Å²) in [6.45, 7) is 0. The lowest BCUT2D eigenvalue weighted by Crippen LogP contribution is -2.27. The quantitative estimate of drug-likeness (QED) is 0.564. The molecule has 1 heterocycles. The maximum atomic E-state index is 12.9. The van der Waals surface area contributed by atoms with Crippen LogP contribution < -0.4 is 14.4 Å². The van der Waals surface area contributed by atoms with Crippen molar-refractivity contribution in [2.24, 2.45) is 0 Å². The van der Waals surface area contributed by atoms with E-state index in [1.54, 1.807) is 24.3 Å². The average molecular weight is 417 g/mol. The van der Waals surface area contributed by atoms with Gasteiger partial charge in [-0.3, -0.25) is 9.69 Å². The highest BCUT2D eigenvalue weighted by Crippen LogP contribution is 2.40. The van der Waals surface area contributed by atoms with Gasteiger partial charge in [-0.25, -0.2) is 4.79 Å². The summed E-state index contributed by atoms with van der Waals surface area (Å²) < 4.78 is 10.9. The SMILES string of the molecule is COc1cccc(C=C2SC(=S)N(c3ccc(C(=O)O)c(O)c3)C2=O)c1OC. The molecule has 0 bridgehead atoms. The normalized spacial score (nSPS) is 15.2. The van der Waals surface area contributed by atoms with Gasteiger partial charge in [0.05, 0.1) is 24.8 Å². The van der Waals surface area contributed by atoms with Crippen LogP contribution in [0.3, 0.4) is 0 Å². The van der Waals surface area contributed by atoms with E-state index < -0.39 is 11.7 Å². The largest absolute Gasteiger partial charge is 0.507 e. The van der Waals surface area contributed by atoms with Crippen molar-refractivity contribution < 1.29 is 29.3 Å². The van der Waals surface area contributed by atoms with Crippen molar-refractivity contribution in [3.8, 4) is 17.2 Å². The Labute approximate surface area is 170 Å². The molecule has 7 nitrogen and oxygen atoms in total. The summed E-state index contributed by atoms with van der Waals surface area (Å²) in [7, 11) is 3.03. The molecular weight excluding hydrogens is 402 g/mol. The van der Waals surface area contributed by atoms with Crippen molar-refractivity contribution in [2.45, 2.75) is 0 Å². The molecule has 1 saturated heterocycles. The fraction of sp³-hybridized carbons (Fsp3) is 0.105. The number of nitrogens with zero attached hydrogens (tertiary/aromatic N) is 1. The number of para-hydroxylation sites is 1. The number of hydrogen-bond acceptors (Lipinski definition) is 7. The van der Waals surface area contributed by atoms with E-state index in [0.29, 0.717) is 22.0 Å². The lowest BCUT2D eigenvalue weighted by atomic mass is 10.1. The summed E-state index contributed by atoms with van der Waals surface area (Å²) in [5.41, 5.74) is 0.670. The molecule has 0 spiro atoms. The number of carbonyl (C=O) groups is 2. The van der Waals surface area contributed by atoms with E-state index in [2.05, 4.69) is 0 Å². The number of rotatable bonds is 5. The minimum Gasteiger partial charge on any atom is -0.507 e. The van der Waals surface area contributed by atoms with E-state index in [1.165, 1.54) is 37.3 Å². The van der Waals surface area contributed by atoms with Crippen LogP contribution >= 0.6 is 24.0 Å². The van der Waals surface area contributed by atoms with Gasteiger partial charge in [0, 0.05) is 11.6 Å². The van der Waals surface area contributed by atoms with Crippen LogP contribution in [-0.4, -0.2) is 40.6 Å². The van der Waals surface area contributed by atoms with E-state index in [4.69, 9.17) is 26.8 Å². The number of ether oxygens (including phenoxy) is 2. The second-order valence-corrected chi connectivity index (χ2v) is 7.28. The van der Waals surface area contributed by atoms with Crippen molar-refractivity contribution in [1.82, 2.24) is 0 Å². The molecule has 1 fully saturated rings. The molecule has 9 heteroatoms. The van der Waals surface area contributed by atoms with E-state index >= 15 is 0 Å². The number of thioether (sulfide) groups is 1. The third kappa shape index (κ3) is 3.54. The highest BCUT2D eigenvalue weighted by molar-refractivity contribution is 8.27.